The molecule has 0 saturated carbocycles. The Balaban J connectivity index is 1.51. The van der Waals surface area contributed by atoms with Gasteiger partial charge in [0.15, 0.2) is 0 Å². The Hall–Kier alpha value is -2.19. The average Bonchev–Trinajstić information content (AvgIpc) is 3.19. The van der Waals surface area contributed by atoms with Crippen molar-refractivity contribution >= 4 is 11.6 Å². The van der Waals surface area contributed by atoms with Gasteiger partial charge in [-0.15, -0.1) is 0 Å². The van der Waals surface area contributed by atoms with E-state index in [2.05, 4.69) is 20.3 Å². The van der Waals surface area contributed by atoms with Crippen LogP contribution in [0.25, 0.3) is 0 Å². The van der Waals surface area contributed by atoms with Gasteiger partial charge in [0.1, 0.15) is 11.9 Å². The van der Waals surface area contributed by atoms with Crippen molar-refractivity contribution < 1.29 is 9.90 Å². The summed E-state index contributed by atoms with van der Waals surface area (Å²) in [6.45, 7) is 8.67. The molecule has 0 aliphatic carbocycles. The number of aliphatic hydroxyl groups excluding tert-OH is 1. The molecule has 0 spiro atoms. The van der Waals surface area contributed by atoms with Crippen LogP contribution in [0.15, 0.2) is 12.4 Å². The minimum Gasteiger partial charge on any atom is -0.385 e. The first kappa shape index (κ1) is 19.6. The van der Waals surface area contributed by atoms with Crippen LogP contribution >= 0.6 is 0 Å². The number of rotatable bonds is 6. The Morgan fingerprint density at radius 1 is 1.37 bits per heavy atom. The molecule has 2 aromatic rings. The average molecular weight is 374 g/mol. The third kappa shape index (κ3) is 4.22. The fourth-order valence-electron chi connectivity index (χ4n) is 3.87. The Morgan fingerprint density at radius 2 is 2.07 bits per heavy atom. The molecule has 0 aromatic carbocycles. The molecule has 1 saturated heterocycles. The van der Waals surface area contributed by atoms with Crippen molar-refractivity contribution in [1.29, 1.82) is 0 Å². The van der Waals surface area contributed by atoms with Crippen LogP contribution in [-0.4, -0.2) is 54.9 Å². The lowest BCUT2D eigenvalue weighted by Gasteiger charge is -2.33. The van der Waals surface area contributed by atoms with Gasteiger partial charge in [0, 0.05) is 26.0 Å². The summed E-state index contributed by atoms with van der Waals surface area (Å²) in [4.78, 5) is 18.9. The summed E-state index contributed by atoms with van der Waals surface area (Å²) in [7, 11) is 1.90. The van der Waals surface area contributed by atoms with Gasteiger partial charge in [0.2, 0.25) is 5.91 Å². The molecule has 0 unspecified atom stereocenters. The lowest BCUT2D eigenvalue weighted by molar-refractivity contribution is -0.117. The fraction of sp³-hybridized carbons (Fsp3) is 0.632. The van der Waals surface area contributed by atoms with Gasteiger partial charge in [-0.3, -0.25) is 14.4 Å². The Bertz CT molecular complexity index is 788. The molecule has 1 aliphatic rings. The molecule has 27 heavy (non-hydrogen) atoms. The molecule has 1 fully saturated rings. The first-order valence-electron chi connectivity index (χ1n) is 9.62. The van der Waals surface area contributed by atoms with Crippen molar-refractivity contribution in [2.75, 3.05) is 25.0 Å². The predicted molar refractivity (Wildman–Crippen MR) is 103 cm³/mol. The maximum absolute atomic E-state index is 12.5. The molecule has 1 atom stereocenters. The van der Waals surface area contributed by atoms with Crippen LogP contribution in [0.5, 0.6) is 0 Å². The molecule has 3 heterocycles. The van der Waals surface area contributed by atoms with Gasteiger partial charge in [0.05, 0.1) is 23.6 Å². The SMILES string of the molecule is CCn1nc(C)c(NC(=O)CN2CCC([C@@H](O)c3nccn3C)CC2)c1C. The number of hydrogen-bond acceptors (Lipinski definition) is 5. The molecule has 1 aliphatic heterocycles. The molecule has 0 bridgehead atoms. The number of likely N-dealkylation sites (tertiary alicyclic amines) is 1. The minimum atomic E-state index is -0.550. The number of aromatic nitrogens is 4. The van der Waals surface area contributed by atoms with Gasteiger partial charge < -0.3 is 15.0 Å². The van der Waals surface area contributed by atoms with E-state index in [4.69, 9.17) is 0 Å². The van der Waals surface area contributed by atoms with E-state index >= 15 is 0 Å². The number of hydrogen-bond donors (Lipinski definition) is 2. The van der Waals surface area contributed by atoms with E-state index in [1.165, 1.54) is 0 Å². The number of carbonyl (C=O) groups is 1. The molecule has 3 rings (SSSR count). The van der Waals surface area contributed by atoms with Crippen LogP contribution in [0.4, 0.5) is 5.69 Å². The number of anilines is 1. The highest BCUT2D eigenvalue weighted by atomic mass is 16.3. The first-order valence-corrected chi connectivity index (χ1v) is 9.62. The highest BCUT2D eigenvalue weighted by molar-refractivity contribution is 5.93. The van der Waals surface area contributed by atoms with Crippen molar-refractivity contribution in [3.8, 4) is 0 Å². The normalized spacial score (nSPS) is 17.2. The Labute approximate surface area is 160 Å². The van der Waals surface area contributed by atoms with Gasteiger partial charge in [0.25, 0.3) is 0 Å². The van der Waals surface area contributed by atoms with Gasteiger partial charge in [-0.05, 0) is 52.6 Å². The number of nitrogens with one attached hydrogen (secondary N) is 1. The summed E-state index contributed by atoms with van der Waals surface area (Å²) < 4.78 is 3.76. The Morgan fingerprint density at radius 3 is 2.63 bits per heavy atom. The van der Waals surface area contributed by atoms with E-state index in [0.717, 1.165) is 49.6 Å². The van der Waals surface area contributed by atoms with Crippen molar-refractivity contribution in [2.45, 2.75) is 46.3 Å². The summed E-state index contributed by atoms with van der Waals surface area (Å²) in [5, 5.41) is 18.0. The van der Waals surface area contributed by atoms with E-state index in [1.807, 2.05) is 43.3 Å². The molecule has 8 heteroatoms. The van der Waals surface area contributed by atoms with Gasteiger partial charge >= 0.3 is 0 Å². The maximum Gasteiger partial charge on any atom is 0.238 e. The van der Waals surface area contributed by atoms with E-state index in [0.29, 0.717) is 12.4 Å². The van der Waals surface area contributed by atoms with Crippen LogP contribution in [0.2, 0.25) is 0 Å². The highest BCUT2D eigenvalue weighted by Crippen LogP contribution is 2.29. The third-order valence-electron chi connectivity index (χ3n) is 5.51. The number of nitrogens with zero attached hydrogens (tertiary/aromatic N) is 5. The molecule has 148 valence electrons. The summed E-state index contributed by atoms with van der Waals surface area (Å²) in [6, 6.07) is 0. The zero-order valence-electron chi connectivity index (χ0n) is 16.6. The lowest BCUT2D eigenvalue weighted by atomic mass is 9.90. The summed E-state index contributed by atoms with van der Waals surface area (Å²) in [5.41, 5.74) is 2.65. The number of carbonyl (C=O) groups excluding carboxylic acids is 1. The van der Waals surface area contributed by atoms with E-state index < -0.39 is 6.10 Å². The standard InChI is InChI=1S/C19H30N6O2/c1-5-25-14(3)17(13(2)22-25)21-16(26)12-24-9-6-15(7-10-24)18(27)19-20-8-11-23(19)4/h8,11,15,18,27H,5-7,9-10,12H2,1-4H3,(H,21,26)/t18-/m1/s1. The van der Waals surface area contributed by atoms with Crippen molar-refractivity contribution in [1.82, 2.24) is 24.2 Å². The predicted octanol–water partition coefficient (Wildman–Crippen LogP) is 1.64. The largest absolute Gasteiger partial charge is 0.385 e. The van der Waals surface area contributed by atoms with E-state index in [1.54, 1.807) is 6.20 Å². The second kappa shape index (κ2) is 8.22. The Kier molecular flexibility index (Phi) is 5.96. The van der Waals surface area contributed by atoms with Crippen LogP contribution in [-0.2, 0) is 18.4 Å². The van der Waals surface area contributed by atoms with Crippen LogP contribution in [0.1, 0.15) is 43.1 Å². The number of amides is 1. The van der Waals surface area contributed by atoms with Crippen LogP contribution < -0.4 is 5.32 Å². The quantitative estimate of drug-likeness (QED) is 0.802. The summed E-state index contributed by atoms with van der Waals surface area (Å²) >= 11 is 0. The van der Waals surface area contributed by atoms with Gasteiger partial charge in [-0.25, -0.2) is 4.98 Å². The van der Waals surface area contributed by atoms with Crippen LogP contribution in [0, 0.1) is 19.8 Å². The maximum atomic E-state index is 12.5. The number of aryl methyl sites for hydroxylation is 3. The zero-order chi connectivity index (χ0) is 19.6. The molecular formula is C19H30N6O2. The second-order valence-electron chi connectivity index (χ2n) is 7.36. The summed E-state index contributed by atoms with van der Waals surface area (Å²) in [5.74, 6) is 0.878. The minimum absolute atomic E-state index is 0.0139. The summed E-state index contributed by atoms with van der Waals surface area (Å²) in [6.07, 6.45) is 4.72. The number of piperidine rings is 1. The van der Waals surface area contributed by atoms with E-state index in [9.17, 15) is 9.90 Å². The zero-order valence-corrected chi connectivity index (χ0v) is 16.6. The molecule has 0 radical (unpaired) electrons. The van der Waals surface area contributed by atoms with Gasteiger partial charge in [-0.1, -0.05) is 0 Å². The molecule has 2 N–H and O–H groups in total. The molecule has 2 aromatic heterocycles. The number of aliphatic hydroxyl groups is 1. The monoisotopic (exact) mass is 374 g/mol. The van der Waals surface area contributed by atoms with Crippen molar-refractivity contribution in [3.05, 3.63) is 29.6 Å². The highest BCUT2D eigenvalue weighted by Gasteiger charge is 2.29. The van der Waals surface area contributed by atoms with Crippen LogP contribution in [0.3, 0.4) is 0 Å². The lowest BCUT2D eigenvalue weighted by Crippen LogP contribution is -2.40. The number of imidazole rings is 1. The fourth-order valence-corrected chi connectivity index (χ4v) is 3.87. The van der Waals surface area contributed by atoms with Crippen molar-refractivity contribution in [2.24, 2.45) is 13.0 Å². The molecular weight excluding hydrogens is 344 g/mol. The topological polar surface area (TPSA) is 88.2 Å². The second-order valence-corrected chi connectivity index (χ2v) is 7.36. The van der Waals surface area contributed by atoms with Gasteiger partial charge in [-0.2, -0.15) is 5.10 Å². The first-order chi connectivity index (χ1) is 12.9. The smallest absolute Gasteiger partial charge is 0.238 e. The third-order valence-corrected chi connectivity index (χ3v) is 5.51. The van der Waals surface area contributed by atoms with Crippen molar-refractivity contribution in [3.63, 3.8) is 0 Å². The molecule has 8 nitrogen and oxygen atoms in total. The van der Waals surface area contributed by atoms with E-state index in [-0.39, 0.29) is 11.8 Å². The molecule has 1 amide bonds.